The molecule has 0 saturated carbocycles. The molecular weight excluding hydrogens is 394 g/mol. The molecule has 0 unspecified atom stereocenters. The van der Waals surface area contributed by atoms with Gasteiger partial charge in [-0.2, -0.15) is 0 Å². The van der Waals surface area contributed by atoms with Crippen LogP contribution in [0.25, 0.3) is 0 Å². The SMILES string of the molecule is CCS(=O)(=O)Nc1ccc2c(c1)C(=O)N(C)C[C@H](OC)[C@@H](C)CN(C)[C@H](C)CO2. The molecule has 29 heavy (non-hydrogen) atoms. The number of carbonyl (C=O) groups excluding carboxylic acids is 1. The molecule has 164 valence electrons. The quantitative estimate of drug-likeness (QED) is 0.789. The van der Waals surface area contributed by atoms with Crippen LogP contribution in [0.15, 0.2) is 18.2 Å². The van der Waals surface area contributed by atoms with Gasteiger partial charge in [0.1, 0.15) is 12.4 Å². The number of anilines is 1. The van der Waals surface area contributed by atoms with E-state index < -0.39 is 10.0 Å². The number of amides is 1. The molecule has 0 saturated heterocycles. The number of hydrogen-bond donors (Lipinski definition) is 1. The first kappa shape index (κ1) is 23.4. The van der Waals surface area contributed by atoms with Crippen molar-refractivity contribution in [3.8, 4) is 5.75 Å². The summed E-state index contributed by atoms with van der Waals surface area (Å²) in [6.07, 6.45) is -0.121. The van der Waals surface area contributed by atoms with Crippen molar-refractivity contribution in [3.63, 3.8) is 0 Å². The summed E-state index contributed by atoms with van der Waals surface area (Å²) >= 11 is 0. The molecule has 1 aromatic rings. The highest BCUT2D eigenvalue weighted by atomic mass is 32.2. The van der Waals surface area contributed by atoms with E-state index in [0.29, 0.717) is 30.2 Å². The molecule has 0 spiro atoms. The lowest BCUT2D eigenvalue weighted by molar-refractivity contribution is 0.0150. The summed E-state index contributed by atoms with van der Waals surface area (Å²) in [4.78, 5) is 17.0. The van der Waals surface area contributed by atoms with Gasteiger partial charge in [0, 0.05) is 39.0 Å². The van der Waals surface area contributed by atoms with Crippen molar-refractivity contribution in [2.24, 2.45) is 5.92 Å². The van der Waals surface area contributed by atoms with Crippen LogP contribution in [0.1, 0.15) is 31.1 Å². The Labute approximate surface area is 174 Å². The Kier molecular flexibility index (Phi) is 7.90. The molecule has 0 fully saturated rings. The van der Waals surface area contributed by atoms with E-state index in [2.05, 4.69) is 23.5 Å². The highest BCUT2D eigenvalue weighted by molar-refractivity contribution is 7.92. The van der Waals surface area contributed by atoms with Gasteiger partial charge < -0.3 is 14.4 Å². The summed E-state index contributed by atoms with van der Waals surface area (Å²) in [7, 11) is 1.96. The lowest BCUT2D eigenvalue weighted by atomic mass is 10.0. The normalized spacial score (nSPS) is 24.8. The van der Waals surface area contributed by atoms with E-state index in [1.54, 1.807) is 38.1 Å². The van der Waals surface area contributed by atoms with Crippen molar-refractivity contribution in [2.75, 3.05) is 51.4 Å². The molecule has 1 aliphatic rings. The molecule has 9 heteroatoms. The van der Waals surface area contributed by atoms with Gasteiger partial charge in [-0.1, -0.05) is 6.92 Å². The summed E-state index contributed by atoms with van der Waals surface area (Å²) in [5, 5.41) is 0. The van der Waals surface area contributed by atoms with Gasteiger partial charge in [0.25, 0.3) is 5.91 Å². The first-order valence-electron chi connectivity index (χ1n) is 9.83. The first-order chi connectivity index (χ1) is 13.6. The molecule has 0 radical (unpaired) electrons. The highest BCUT2D eigenvalue weighted by Gasteiger charge is 2.27. The lowest BCUT2D eigenvalue weighted by Gasteiger charge is -2.34. The maximum absolute atomic E-state index is 13.2. The molecule has 1 N–H and O–H groups in total. The van der Waals surface area contributed by atoms with Crippen LogP contribution in [0.4, 0.5) is 5.69 Å². The van der Waals surface area contributed by atoms with E-state index in [-0.39, 0.29) is 29.7 Å². The van der Waals surface area contributed by atoms with Crippen LogP contribution >= 0.6 is 0 Å². The minimum absolute atomic E-state index is 0.0499. The third-order valence-corrected chi connectivity index (χ3v) is 6.72. The number of rotatable bonds is 4. The van der Waals surface area contributed by atoms with E-state index >= 15 is 0 Å². The van der Waals surface area contributed by atoms with Gasteiger partial charge >= 0.3 is 0 Å². The smallest absolute Gasteiger partial charge is 0.257 e. The van der Waals surface area contributed by atoms with Crippen molar-refractivity contribution in [1.29, 1.82) is 0 Å². The van der Waals surface area contributed by atoms with Crippen LogP contribution in [0.2, 0.25) is 0 Å². The van der Waals surface area contributed by atoms with Crippen LogP contribution in [0, 0.1) is 5.92 Å². The topological polar surface area (TPSA) is 88.2 Å². The van der Waals surface area contributed by atoms with Gasteiger partial charge in [-0.05, 0) is 45.0 Å². The van der Waals surface area contributed by atoms with Gasteiger partial charge in [-0.25, -0.2) is 8.42 Å². The summed E-state index contributed by atoms with van der Waals surface area (Å²) in [5.74, 6) is 0.355. The van der Waals surface area contributed by atoms with Gasteiger partial charge in [-0.15, -0.1) is 0 Å². The number of sulfonamides is 1. The van der Waals surface area contributed by atoms with Crippen molar-refractivity contribution in [3.05, 3.63) is 23.8 Å². The first-order valence-corrected chi connectivity index (χ1v) is 11.5. The number of methoxy groups -OCH3 is 1. The van der Waals surface area contributed by atoms with E-state index in [1.165, 1.54) is 6.07 Å². The average Bonchev–Trinajstić information content (AvgIpc) is 2.68. The largest absolute Gasteiger partial charge is 0.491 e. The Balaban J connectivity index is 2.43. The zero-order valence-electron chi connectivity index (χ0n) is 18.1. The summed E-state index contributed by atoms with van der Waals surface area (Å²) in [6.45, 7) is 7.37. The summed E-state index contributed by atoms with van der Waals surface area (Å²) in [6, 6.07) is 4.92. The second kappa shape index (κ2) is 9.77. The fourth-order valence-electron chi connectivity index (χ4n) is 3.27. The third kappa shape index (κ3) is 6.07. The van der Waals surface area contributed by atoms with Crippen LogP contribution in [0.3, 0.4) is 0 Å². The molecule has 1 aromatic carbocycles. The van der Waals surface area contributed by atoms with E-state index in [9.17, 15) is 13.2 Å². The predicted octanol–water partition coefficient (Wildman–Crippen LogP) is 1.88. The molecular formula is C20H33N3O5S. The molecule has 2 rings (SSSR count). The van der Waals surface area contributed by atoms with Gasteiger partial charge in [-0.3, -0.25) is 14.4 Å². The molecule has 1 aliphatic heterocycles. The number of carbonyl (C=O) groups is 1. The average molecular weight is 428 g/mol. The zero-order valence-corrected chi connectivity index (χ0v) is 19.0. The molecule has 1 amide bonds. The Bertz CT molecular complexity index is 814. The number of ether oxygens (including phenoxy) is 2. The van der Waals surface area contributed by atoms with Gasteiger partial charge in [0.2, 0.25) is 10.0 Å². The van der Waals surface area contributed by atoms with Gasteiger partial charge in [0.05, 0.1) is 17.4 Å². The Morgan fingerprint density at radius 3 is 2.55 bits per heavy atom. The van der Waals surface area contributed by atoms with Crippen molar-refractivity contribution < 1.29 is 22.7 Å². The van der Waals surface area contributed by atoms with E-state index in [4.69, 9.17) is 9.47 Å². The molecule has 0 bridgehead atoms. The van der Waals surface area contributed by atoms with E-state index in [0.717, 1.165) is 6.54 Å². The Morgan fingerprint density at radius 1 is 1.24 bits per heavy atom. The number of benzene rings is 1. The van der Waals surface area contributed by atoms with Crippen molar-refractivity contribution in [2.45, 2.75) is 32.9 Å². The molecule has 0 aromatic heterocycles. The van der Waals surface area contributed by atoms with Gasteiger partial charge in [0.15, 0.2) is 0 Å². The van der Waals surface area contributed by atoms with Crippen molar-refractivity contribution in [1.82, 2.24) is 9.80 Å². The predicted molar refractivity (Wildman–Crippen MR) is 114 cm³/mol. The van der Waals surface area contributed by atoms with Crippen LogP contribution < -0.4 is 9.46 Å². The standard InChI is InChI=1S/C20H33N3O5S/c1-7-29(25,26)21-16-8-9-18-17(10-16)20(24)23(5)12-19(27-6)14(2)11-22(4)15(3)13-28-18/h8-10,14-15,19,21H,7,11-13H2,1-6H3/t14-,15+,19-/m0/s1. The number of likely N-dealkylation sites (N-methyl/N-ethyl adjacent to an activating group) is 2. The number of fused-ring (bicyclic) bond motifs is 1. The number of nitrogens with zero attached hydrogens (tertiary/aromatic N) is 2. The van der Waals surface area contributed by atoms with Crippen LogP contribution in [-0.4, -0.2) is 82.9 Å². The number of nitrogens with one attached hydrogen (secondary N) is 1. The van der Waals surface area contributed by atoms with Crippen LogP contribution in [-0.2, 0) is 14.8 Å². The molecule has 3 atom stereocenters. The second-order valence-corrected chi connectivity index (χ2v) is 9.76. The summed E-state index contributed by atoms with van der Waals surface area (Å²) in [5.41, 5.74) is 0.659. The van der Waals surface area contributed by atoms with Crippen LogP contribution in [0.5, 0.6) is 5.75 Å². The zero-order chi connectivity index (χ0) is 21.8. The maximum atomic E-state index is 13.2. The maximum Gasteiger partial charge on any atom is 0.257 e. The Hall–Kier alpha value is -1.84. The third-order valence-electron chi connectivity index (χ3n) is 5.41. The second-order valence-electron chi connectivity index (χ2n) is 7.75. The Morgan fingerprint density at radius 2 is 1.93 bits per heavy atom. The minimum atomic E-state index is -3.45. The lowest BCUT2D eigenvalue weighted by Crippen LogP contribution is -2.45. The van der Waals surface area contributed by atoms with Crippen molar-refractivity contribution >= 4 is 21.6 Å². The molecule has 0 aliphatic carbocycles. The fourth-order valence-corrected chi connectivity index (χ4v) is 3.90. The fraction of sp³-hybridized carbons (Fsp3) is 0.650. The monoisotopic (exact) mass is 427 g/mol. The number of hydrogen-bond acceptors (Lipinski definition) is 6. The minimum Gasteiger partial charge on any atom is -0.491 e. The summed E-state index contributed by atoms with van der Waals surface area (Å²) < 4.78 is 38.0. The molecule has 1 heterocycles. The van der Waals surface area contributed by atoms with E-state index in [1.807, 2.05) is 7.05 Å². The molecule has 8 nitrogen and oxygen atoms in total. The highest BCUT2D eigenvalue weighted by Crippen LogP contribution is 2.26.